The van der Waals surface area contributed by atoms with Gasteiger partial charge in [0.2, 0.25) is 15.9 Å². The van der Waals surface area contributed by atoms with Crippen LogP contribution in [0.2, 0.25) is 0 Å². The van der Waals surface area contributed by atoms with Crippen molar-refractivity contribution in [3.8, 4) is 0 Å². The highest BCUT2D eigenvalue weighted by Gasteiger charge is 2.30. The van der Waals surface area contributed by atoms with Crippen LogP contribution in [0.5, 0.6) is 0 Å². The highest BCUT2D eigenvalue weighted by Crippen LogP contribution is 2.24. The quantitative estimate of drug-likeness (QED) is 0.736. The largest absolute Gasteiger partial charge is 0.465 e. The Balaban J connectivity index is 2.38. The summed E-state index contributed by atoms with van der Waals surface area (Å²) in [6.07, 6.45) is 0.834. The summed E-state index contributed by atoms with van der Waals surface area (Å²) < 4.78 is 56.5. The van der Waals surface area contributed by atoms with E-state index < -0.39 is 39.6 Å². The number of rotatable bonds is 6. The van der Waals surface area contributed by atoms with Crippen molar-refractivity contribution in [3.05, 3.63) is 59.7 Å². The molecule has 0 radical (unpaired) electrons. The van der Waals surface area contributed by atoms with Crippen LogP contribution in [-0.4, -0.2) is 39.7 Å². The predicted molar refractivity (Wildman–Crippen MR) is 99.6 cm³/mol. The van der Waals surface area contributed by atoms with E-state index >= 15 is 0 Å². The van der Waals surface area contributed by atoms with Gasteiger partial charge in [-0.2, -0.15) is 0 Å². The molecule has 0 bridgehead atoms. The topological polar surface area (TPSA) is 92.8 Å². The average molecular weight is 412 g/mol. The zero-order valence-electron chi connectivity index (χ0n) is 15.3. The maximum Gasteiger partial charge on any atom is 0.339 e. The van der Waals surface area contributed by atoms with Gasteiger partial charge in [-0.1, -0.05) is 12.1 Å². The van der Waals surface area contributed by atoms with Gasteiger partial charge in [-0.3, -0.25) is 9.10 Å². The Bertz CT molecular complexity index is 1010. The monoisotopic (exact) mass is 412 g/mol. The Labute approximate surface area is 161 Å². The summed E-state index contributed by atoms with van der Waals surface area (Å²) in [4.78, 5) is 24.5. The van der Waals surface area contributed by atoms with Crippen LogP contribution in [0, 0.1) is 11.6 Å². The SMILES string of the molecule is COC(=O)c1ccccc1NC(=O)C(C)N(c1ccc(F)c(F)c1)S(C)(=O)=O. The van der Waals surface area contributed by atoms with Gasteiger partial charge < -0.3 is 10.1 Å². The number of esters is 1. The molecule has 7 nitrogen and oxygen atoms in total. The van der Waals surface area contributed by atoms with Gasteiger partial charge in [-0.25, -0.2) is 22.0 Å². The van der Waals surface area contributed by atoms with Crippen molar-refractivity contribution in [2.24, 2.45) is 0 Å². The number of halogens is 2. The van der Waals surface area contributed by atoms with Crippen molar-refractivity contribution in [2.45, 2.75) is 13.0 Å². The minimum atomic E-state index is -4.02. The van der Waals surface area contributed by atoms with Gasteiger partial charge in [0.15, 0.2) is 11.6 Å². The minimum absolute atomic E-state index is 0.0734. The summed E-state index contributed by atoms with van der Waals surface area (Å²) >= 11 is 0. The number of para-hydroxylation sites is 1. The number of benzene rings is 2. The molecule has 10 heteroatoms. The van der Waals surface area contributed by atoms with E-state index in [1.165, 1.54) is 26.2 Å². The van der Waals surface area contributed by atoms with E-state index in [-0.39, 0.29) is 16.9 Å². The minimum Gasteiger partial charge on any atom is -0.465 e. The Morgan fingerprint density at radius 3 is 2.32 bits per heavy atom. The molecular weight excluding hydrogens is 394 g/mol. The molecule has 1 unspecified atom stereocenters. The van der Waals surface area contributed by atoms with Gasteiger partial charge in [0.25, 0.3) is 0 Å². The molecule has 0 aromatic heterocycles. The first-order valence-electron chi connectivity index (χ1n) is 7.99. The second-order valence-corrected chi connectivity index (χ2v) is 7.72. The van der Waals surface area contributed by atoms with Crippen LogP contribution in [0.4, 0.5) is 20.2 Å². The van der Waals surface area contributed by atoms with Gasteiger partial charge in [0, 0.05) is 6.07 Å². The molecule has 0 saturated heterocycles. The molecule has 1 atom stereocenters. The molecule has 0 saturated carbocycles. The first-order valence-corrected chi connectivity index (χ1v) is 9.83. The van der Waals surface area contributed by atoms with E-state index in [2.05, 4.69) is 10.1 Å². The summed E-state index contributed by atoms with van der Waals surface area (Å²) in [6, 6.07) is 7.17. The normalized spacial score (nSPS) is 12.2. The van der Waals surface area contributed by atoms with Crippen molar-refractivity contribution >= 4 is 33.3 Å². The number of amides is 1. The summed E-state index contributed by atoms with van der Waals surface area (Å²) in [5.41, 5.74) is -0.0282. The number of anilines is 2. The van der Waals surface area contributed by atoms with Gasteiger partial charge in [-0.05, 0) is 31.2 Å². The third-order valence-electron chi connectivity index (χ3n) is 3.84. The van der Waals surface area contributed by atoms with Crippen LogP contribution in [-0.2, 0) is 19.6 Å². The summed E-state index contributed by atoms with van der Waals surface area (Å²) in [5.74, 6) is -3.88. The molecule has 0 aliphatic heterocycles. The van der Waals surface area contributed by atoms with Crippen LogP contribution in [0.25, 0.3) is 0 Å². The highest BCUT2D eigenvalue weighted by molar-refractivity contribution is 7.92. The van der Waals surface area contributed by atoms with Crippen molar-refractivity contribution in [3.63, 3.8) is 0 Å². The average Bonchev–Trinajstić information content (AvgIpc) is 2.63. The van der Waals surface area contributed by atoms with E-state index in [4.69, 9.17) is 0 Å². The van der Waals surface area contributed by atoms with Crippen LogP contribution < -0.4 is 9.62 Å². The second kappa shape index (κ2) is 8.34. The fourth-order valence-electron chi connectivity index (χ4n) is 2.55. The third kappa shape index (κ3) is 4.63. The third-order valence-corrected chi connectivity index (χ3v) is 5.08. The summed E-state index contributed by atoms with van der Waals surface area (Å²) in [6.45, 7) is 1.28. The Morgan fingerprint density at radius 2 is 1.75 bits per heavy atom. The number of carbonyl (C=O) groups is 2. The first-order chi connectivity index (χ1) is 13.1. The molecule has 0 heterocycles. The summed E-state index contributed by atoms with van der Waals surface area (Å²) in [5, 5.41) is 2.46. The Hall–Kier alpha value is -3.01. The lowest BCUT2D eigenvalue weighted by molar-refractivity contribution is -0.116. The molecule has 0 aliphatic carbocycles. The van der Waals surface area contributed by atoms with Crippen LogP contribution in [0.15, 0.2) is 42.5 Å². The maximum absolute atomic E-state index is 13.6. The molecule has 150 valence electrons. The number of hydrogen-bond acceptors (Lipinski definition) is 5. The zero-order chi connectivity index (χ0) is 21.1. The van der Waals surface area contributed by atoms with Crippen molar-refractivity contribution in [2.75, 3.05) is 23.0 Å². The Kier molecular flexibility index (Phi) is 6.34. The van der Waals surface area contributed by atoms with Crippen molar-refractivity contribution in [1.82, 2.24) is 0 Å². The lowest BCUT2D eigenvalue weighted by Gasteiger charge is -2.28. The standard InChI is InChI=1S/C18H18F2N2O5S/c1-11(17(23)21-16-7-5-4-6-13(16)18(24)27-2)22(28(3,25)26)12-8-9-14(19)15(20)10-12/h4-11H,1-3H3,(H,21,23). The number of sulfonamides is 1. The molecule has 0 fully saturated rings. The maximum atomic E-state index is 13.6. The number of methoxy groups -OCH3 is 1. The van der Waals surface area contributed by atoms with Crippen LogP contribution in [0.1, 0.15) is 17.3 Å². The van der Waals surface area contributed by atoms with Crippen LogP contribution >= 0.6 is 0 Å². The number of ether oxygens (including phenoxy) is 1. The number of nitrogens with one attached hydrogen (secondary N) is 1. The predicted octanol–water partition coefficient (Wildman–Crippen LogP) is 2.54. The molecule has 1 amide bonds. The lowest BCUT2D eigenvalue weighted by atomic mass is 10.1. The van der Waals surface area contributed by atoms with Crippen molar-refractivity contribution in [1.29, 1.82) is 0 Å². The fourth-order valence-corrected chi connectivity index (χ4v) is 3.71. The molecule has 2 rings (SSSR count). The molecule has 28 heavy (non-hydrogen) atoms. The molecule has 0 aliphatic rings. The first kappa shape index (κ1) is 21.3. The van der Waals surface area contributed by atoms with E-state index in [0.717, 1.165) is 18.4 Å². The smallest absolute Gasteiger partial charge is 0.339 e. The lowest BCUT2D eigenvalue weighted by Crippen LogP contribution is -2.45. The van der Waals surface area contributed by atoms with Crippen LogP contribution in [0.3, 0.4) is 0 Å². The fraction of sp³-hybridized carbons (Fsp3) is 0.222. The number of nitrogens with zero attached hydrogens (tertiary/aromatic N) is 1. The number of carbonyl (C=O) groups excluding carboxylic acids is 2. The summed E-state index contributed by atoms with van der Waals surface area (Å²) in [7, 11) is -2.84. The molecule has 1 N–H and O–H groups in total. The molecule has 2 aromatic carbocycles. The van der Waals surface area contributed by atoms with E-state index in [0.29, 0.717) is 10.4 Å². The van der Waals surface area contributed by atoms with E-state index in [9.17, 15) is 26.8 Å². The zero-order valence-corrected chi connectivity index (χ0v) is 16.1. The van der Waals surface area contributed by atoms with Crippen molar-refractivity contribution < 1.29 is 31.5 Å². The van der Waals surface area contributed by atoms with Gasteiger partial charge in [0.1, 0.15) is 6.04 Å². The molecule has 0 spiro atoms. The Morgan fingerprint density at radius 1 is 1.11 bits per heavy atom. The molecular formula is C18H18F2N2O5S. The second-order valence-electron chi connectivity index (χ2n) is 5.86. The van der Waals surface area contributed by atoms with Gasteiger partial charge >= 0.3 is 5.97 Å². The van der Waals surface area contributed by atoms with Gasteiger partial charge in [0.05, 0.1) is 30.3 Å². The molecule has 2 aromatic rings. The van der Waals surface area contributed by atoms with E-state index in [1.54, 1.807) is 12.1 Å². The highest BCUT2D eigenvalue weighted by atomic mass is 32.2. The number of hydrogen-bond donors (Lipinski definition) is 1. The van der Waals surface area contributed by atoms with Gasteiger partial charge in [-0.15, -0.1) is 0 Å². The van der Waals surface area contributed by atoms with E-state index in [1.807, 2.05) is 0 Å².